The molecule has 1 unspecified atom stereocenters. The second kappa shape index (κ2) is 10.6. The number of alkyl halides is 6. The molecule has 34 heavy (non-hydrogen) atoms. The molecule has 190 valence electrons. The highest BCUT2D eigenvalue weighted by molar-refractivity contribution is 6.31. The molecule has 1 aromatic rings. The van der Waals surface area contributed by atoms with Crippen LogP contribution in [0.4, 0.5) is 26.3 Å². The van der Waals surface area contributed by atoms with Crippen LogP contribution in [0.15, 0.2) is 17.7 Å². The maximum atomic E-state index is 13.5. The molecule has 0 bridgehead atoms. The van der Waals surface area contributed by atoms with Gasteiger partial charge in [0.1, 0.15) is 5.75 Å². The third-order valence-electron chi connectivity index (χ3n) is 5.16. The van der Waals surface area contributed by atoms with Crippen LogP contribution < -0.4 is 4.74 Å². The number of carbonyl (C=O) groups is 2. The number of fused-ring (bicyclic) bond motifs is 1. The molecule has 0 amide bonds. The van der Waals surface area contributed by atoms with Gasteiger partial charge < -0.3 is 9.47 Å². The smallest absolute Gasteiger partial charge is 0.475 e. The zero-order valence-corrected chi connectivity index (χ0v) is 19.6. The van der Waals surface area contributed by atoms with Crippen LogP contribution in [-0.4, -0.2) is 53.9 Å². The lowest BCUT2D eigenvalue weighted by Gasteiger charge is -2.30. The van der Waals surface area contributed by atoms with E-state index in [2.05, 4.69) is 9.64 Å². The highest BCUT2D eigenvalue weighted by Crippen LogP contribution is 2.40. The minimum absolute atomic E-state index is 0.0633. The Hall–Kier alpha value is -2.27. The highest BCUT2D eigenvalue weighted by Gasteiger charge is 2.51. The van der Waals surface area contributed by atoms with Crippen LogP contribution in [0.5, 0.6) is 5.75 Å². The number of esters is 2. The summed E-state index contributed by atoms with van der Waals surface area (Å²) < 4.78 is 86.2. The van der Waals surface area contributed by atoms with E-state index in [1.54, 1.807) is 0 Å². The second-order valence-corrected chi connectivity index (χ2v) is 8.73. The van der Waals surface area contributed by atoms with Crippen molar-refractivity contribution >= 4 is 29.6 Å². The fraction of sp³-hybridized carbons (Fsp3) is 0.545. The monoisotopic (exact) mass is 515 g/mol. The lowest BCUT2D eigenvalue weighted by molar-refractivity contribution is -0.204. The van der Waals surface area contributed by atoms with Crippen molar-refractivity contribution in [3.8, 4) is 5.75 Å². The average Bonchev–Trinajstić information content (AvgIpc) is 2.68. The topological polar surface area (TPSA) is 55.8 Å². The summed E-state index contributed by atoms with van der Waals surface area (Å²) in [5.74, 6) is -5.29. The van der Waals surface area contributed by atoms with Crippen molar-refractivity contribution in [2.45, 2.75) is 71.1 Å². The summed E-state index contributed by atoms with van der Waals surface area (Å²) in [5, 5.41) is 0.184. The van der Waals surface area contributed by atoms with Crippen molar-refractivity contribution in [2.75, 3.05) is 6.54 Å². The van der Waals surface area contributed by atoms with Crippen molar-refractivity contribution in [3.63, 3.8) is 0 Å². The molecule has 0 N–H and O–H groups in total. The average molecular weight is 516 g/mol. The van der Waals surface area contributed by atoms with Crippen molar-refractivity contribution in [1.29, 1.82) is 0 Å². The molecule has 0 radical (unpaired) electrons. The van der Waals surface area contributed by atoms with Crippen LogP contribution in [0.3, 0.4) is 0 Å². The van der Waals surface area contributed by atoms with Crippen molar-refractivity contribution < 1.29 is 45.4 Å². The van der Waals surface area contributed by atoms with Gasteiger partial charge in [0.25, 0.3) is 0 Å². The van der Waals surface area contributed by atoms with Crippen molar-refractivity contribution in [1.82, 2.24) is 4.90 Å². The molecule has 1 aromatic carbocycles. The Morgan fingerprint density at radius 3 is 2.18 bits per heavy atom. The van der Waals surface area contributed by atoms with E-state index in [0.717, 1.165) is 6.54 Å². The van der Waals surface area contributed by atoms with Crippen molar-refractivity contribution in [2.24, 2.45) is 0 Å². The van der Waals surface area contributed by atoms with Gasteiger partial charge >= 0.3 is 24.3 Å². The molecule has 1 aliphatic heterocycles. The molecule has 0 saturated heterocycles. The number of aryl methyl sites for hydroxylation is 1. The molecule has 12 heteroatoms. The van der Waals surface area contributed by atoms with Crippen LogP contribution in [0.2, 0.25) is 5.02 Å². The maximum Gasteiger partial charge on any atom is 0.491 e. The van der Waals surface area contributed by atoms with E-state index in [9.17, 15) is 35.9 Å². The minimum Gasteiger partial charge on any atom is -0.475 e. The number of halogens is 7. The molecular formula is C22H24ClF6NO4. The molecule has 0 fully saturated rings. The summed E-state index contributed by atoms with van der Waals surface area (Å²) >= 11 is 6.26. The highest BCUT2D eigenvalue weighted by atomic mass is 35.5. The normalized spacial score (nSPS) is 16.4. The van der Waals surface area contributed by atoms with Crippen LogP contribution in [0.1, 0.15) is 45.2 Å². The third kappa shape index (κ3) is 6.88. The molecular weight excluding hydrogens is 492 g/mol. The number of hydrogen-bond acceptors (Lipinski definition) is 5. The summed E-state index contributed by atoms with van der Waals surface area (Å²) in [6.45, 7) is 8.92. The summed E-state index contributed by atoms with van der Waals surface area (Å²) in [5.41, 5.74) is -0.849. The van der Waals surface area contributed by atoms with E-state index >= 15 is 0 Å². The SMILES string of the molecule is CC(C)N(CCCc1cc2c(cc1Cl)C=C(C(=O)OC(=O)C(F)(F)F)C(C(F)(F)F)O2)C(C)C. The van der Waals surface area contributed by atoms with E-state index in [1.165, 1.54) is 12.1 Å². The van der Waals surface area contributed by atoms with Gasteiger partial charge in [0.05, 0.1) is 5.57 Å². The maximum absolute atomic E-state index is 13.5. The molecule has 0 aromatic heterocycles. The summed E-state index contributed by atoms with van der Waals surface area (Å²) in [6.07, 6.45) is -11.9. The second-order valence-electron chi connectivity index (χ2n) is 8.32. The first-order valence-electron chi connectivity index (χ1n) is 10.4. The molecule has 5 nitrogen and oxygen atoms in total. The van der Waals surface area contributed by atoms with E-state index in [0.29, 0.717) is 36.6 Å². The molecule has 1 aliphatic rings. The number of rotatable bonds is 7. The fourth-order valence-electron chi connectivity index (χ4n) is 3.63. The summed E-state index contributed by atoms with van der Waals surface area (Å²) in [4.78, 5) is 25.1. The van der Waals surface area contributed by atoms with Gasteiger partial charge in [-0.15, -0.1) is 0 Å². The number of ether oxygens (including phenoxy) is 2. The molecule has 0 aliphatic carbocycles. The van der Waals surface area contributed by atoms with Gasteiger partial charge in [-0.25, -0.2) is 9.59 Å². The predicted octanol–water partition coefficient (Wildman–Crippen LogP) is 5.73. The van der Waals surface area contributed by atoms with Crippen LogP contribution in [0.25, 0.3) is 6.08 Å². The molecule has 0 saturated carbocycles. The predicted molar refractivity (Wildman–Crippen MR) is 112 cm³/mol. The van der Waals surface area contributed by atoms with Crippen LogP contribution in [-0.2, 0) is 20.7 Å². The van der Waals surface area contributed by atoms with Crippen LogP contribution >= 0.6 is 11.6 Å². The quantitative estimate of drug-likeness (QED) is 0.264. The Labute approximate surface area is 197 Å². The fourth-order valence-corrected chi connectivity index (χ4v) is 3.89. The zero-order valence-electron chi connectivity index (χ0n) is 18.8. The number of hydrogen-bond donors (Lipinski definition) is 0. The Bertz CT molecular complexity index is 948. The van der Waals surface area contributed by atoms with Gasteiger partial charge in [-0.05, 0) is 70.9 Å². The molecule has 1 atom stereocenters. The lowest BCUT2D eigenvalue weighted by Crippen LogP contribution is -2.42. The zero-order chi connectivity index (χ0) is 26.0. The Balaban J connectivity index is 2.31. The first kappa shape index (κ1) is 28.0. The van der Waals surface area contributed by atoms with E-state index < -0.39 is 36.0 Å². The van der Waals surface area contributed by atoms with E-state index in [-0.39, 0.29) is 16.3 Å². The molecule has 1 heterocycles. The Kier molecular flexibility index (Phi) is 8.68. The first-order valence-corrected chi connectivity index (χ1v) is 10.8. The molecule has 2 rings (SSSR count). The van der Waals surface area contributed by atoms with Gasteiger partial charge in [0.2, 0.25) is 6.10 Å². The first-order chi connectivity index (χ1) is 15.5. The van der Waals surface area contributed by atoms with Crippen molar-refractivity contribution in [3.05, 3.63) is 33.9 Å². The van der Waals surface area contributed by atoms with Crippen LogP contribution in [0, 0.1) is 0 Å². The minimum atomic E-state index is -5.56. The van der Waals surface area contributed by atoms with Gasteiger partial charge in [0.15, 0.2) is 0 Å². The van der Waals surface area contributed by atoms with Gasteiger partial charge in [-0.3, -0.25) is 4.90 Å². The largest absolute Gasteiger partial charge is 0.491 e. The van der Waals surface area contributed by atoms with E-state index in [4.69, 9.17) is 16.3 Å². The van der Waals surface area contributed by atoms with E-state index in [1.807, 2.05) is 27.7 Å². The standard InChI is InChI=1S/C22H24ClF6NO4/c1-11(2)30(12(3)4)7-5-6-13-10-17-14(9-16(13)23)8-15(18(33-17)21(24,25)26)19(31)34-20(32)22(27,28)29/h8-12,18H,5-7H2,1-4H3. The van der Waals surface area contributed by atoms with Gasteiger partial charge in [-0.2, -0.15) is 26.3 Å². The Morgan fingerprint density at radius 1 is 1.09 bits per heavy atom. The third-order valence-corrected chi connectivity index (χ3v) is 5.51. The summed E-state index contributed by atoms with van der Waals surface area (Å²) in [7, 11) is 0. The number of benzene rings is 1. The molecule has 0 spiro atoms. The Morgan fingerprint density at radius 2 is 1.68 bits per heavy atom. The van der Waals surface area contributed by atoms with Gasteiger partial charge in [-0.1, -0.05) is 11.6 Å². The summed E-state index contributed by atoms with van der Waals surface area (Å²) in [6, 6.07) is 3.15. The number of carbonyl (C=O) groups excluding carboxylic acids is 2. The van der Waals surface area contributed by atoms with Gasteiger partial charge in [0, 0.05) is 22.7 Å². The number of nitrogens with zero attached hydrogens (tertiary/aromatic N) is 1. The lowest BCUT2D eigenvalue weighted by atomic mass is 9.98.